The summed E-state index contributed by atoms with van der Waals surface area (Å²) in [5.41, 5.74) is 1.27. The minimum absolute atomic E-state index is 0.495. The second-order valence-electron chi connectivity index (χ2n) is 5.36. The molecule has 0 atom stereocenters. The minimum atomic E-state index is 0.495. The molecule has 1 heterocycles. The first-order valence-corrected chi connectivity index (χ1v) is 7.46. The molecule has 4 heteroatoms. The predicted molar refractivity (Wildman–Crippen MR) is 79.9 cm³/mol. The highest BCUT2D eigenvalue weighted by Gasteiger charge is 2.27. The lowest BCUT2D eigenvalue weighted by Gasteiger charge is -2.30. The van der Waals surface area contributed by atoms with Gasteiger partial charge in [-0.1, -0.05) is 0 Å². The van der Waals surface area contributed by atoms with Crippen molar-refractivity contribution in [2.24, 2.45) is 5.92 Å². The van der Waals surface area contributed by atoms with Crippen LogP contribution in [0.4, 0.5) is 5.82 Å². The van der Waals surface area contributed by atoms with Crippen molar-refractivity contribution >= 4 is 21.7 Å². The smallest absolute Gasteiger partial charge is 0.133 e. The van der Waals surface area contributed by atoms with E-state index in [1.54, 1.807) is 0 Å². The number of nitrogens with zero attached hydrogens (tertiary/aromatic N) is 2. The Morgan fingerprint density at radius 1 is 1.50 bits per heavy atom. The Labute approximate surface area is 118 Å². The standard InChI is InChI=1S/C14H22BrN3/c1-10(2)18(9-11-4-5-11)14-12(7-16-3)6-13(15)8-17-14/h6,8,10-11,16H,4-5,7,9H2,1-3H3. The number of nitrogens with one attached hydrogen (secondary N) is 1. The van der Waals surface area contributed by atoms with Crippen molar-refractivity contribution in [3.8, 4) is 0 Å². The third-order valence-corrected chi connectivity index (χ3v) is 3.76. The van der Waals surface area contributed by atoms with Gasteiger partial charge < -0.3 is 10.2 Å². The van der Waals surface area contributed by atoms with E-state index in [0.717, 1.165) is 29.3 Å². The van der Waals surface area contributed by atoms with Crippen molar-refractivity contribution in [1.29, 1.82) is 0 Å². The monoisotopic (exact) mass is 311 g/mol. The van der Waals surface area contributed by atoms with Gasteiger partial charge in [0.2, 0.25) is 0 Å². The lowest BCUT2D eigenvalue weighted by Crippen LogP contribution is -2.34. The van der Waals surface area contributed by atoms with Crippen LogP contribution in [-0.2, 0) is 6.54 Å². The molecule has 0 aromatic carbocycles. The van der Waals surface area contributed by atoms with Gasteiger partial charge in [-0.25, -0.2) is 4.98 Å². The Hall–Kier alpha value is -0.610. The zero-order valence-corrected chi connectivity index (χ0v) is 13.0. The van der Waals surface area contributed by atoms with E-state index in [-0.39, 0.29) is 0 Å². The molecule has 1 aromatic rings. The van der Waals surface area contributed by atoms with E-state index >= 15 is 0 Å². The van der Waals surface area contributed by atoms with Gasteiger partial charge in [-0.05, 0) is 61.7 Å². The highest BCUT2D eigenvalue weighted by atomic mass is 79.9. The number of halogens is 1. The zero-order valence-electron chi connectivity index (χ0n) is 11.4. The maximum Gasteiger partial charge on any atom is 0.133 e. The van der Waals surface area contributed by atoms with E-state index in [0.29, 0.717) is 6.04 Å². The van der Waals surface area contributed by atoms with Crippen LogP contribution in [0.25, 0.3) is 0 Å². The first kappa shape index (κ1) is 13.8. The van der Waals surface area contributed by atoms with Crippen molar-refractivity contribution in [1.82, 2.24) is 10.3 Å². The van der Waals surface area contributed by atoms with Crippen molar-refractivity contribution < 1.29 is 0 Å². The zero-order chi connectivity index (χ0) is 13.1. The molecule has 1 N–H and O–H groups in total. The third-order valence-electron chi connectivity index (χ3n) is 3.32. The first-order valence-electron chi connectivity index (χ1n) is 6.67. The topological polar surface area (TPSA) is 28.2 Å². The normalized spacial score (nSPS) is 15.2. The summed E-state index contributed by atoms with van der Waals surface area (Å²) in [7, 11) is 1.98. The maximum atomic E-state index is 4.64. The summed E-state index contributed by atoms with van der Waals surface area (Å²) in [4.78, 5) is 7.08. The van der Waals surface area contributed by atoms with Crippen LogP contribution in [0, 0.1) is 5.92 Å². The Morgan fingerprint density at radius 2 is 2.22 bits per heavy atom. The van der Waals surface area contributed by atoms with Crippen LogP contribution in [0.1, 0.15) is 32.3 Å². The van der Waals surface area contributed by atoms with Crippen LogP contribution in [0.2, 0.25) is 0 Å². The van der Waals surface area contributed by atoms with Crippen LogP contribution in [0.3, 0.4) is 0 Å². The van der Waals surface area contributed by atoms with Gasteiger partial charge in [-0.2, -0.15) is 0 Å². The highest BCUT2D eigenvalue weighted by molar-refractivity contribution is 9.10. The quantitative estimate of drug-likeness (QED) is 0.874. The molecule has 0 saturated heterocycles. The molecule has 0 bridgehead atoms. The van der Waals surface area contributed by atoms with Gasteiger partial charge in [0.25, 0.3) is 0 Å². The summed E-state index contributed by atoms with van der Waals surface area (Å²) >= 11 is 3.51. The maximum absolute atomic E-state index is 4.64. The molecule has 1 aliphatic carbocycles. The van der Waals surface area contributed by atoms with E-state index in [1.165, 1.54) is 18.4 Å². The fraction of sp³-hybridized carbons (Fsp3) is 0.643. The minimum Gasteiger partial charge on any atom is -0.354 e. The molecule has 0 radical (unpaired) electrons. The van der Waals surface area contributed by atoms with E-state index in [9.17, 15) is 0 Å². The molecule has 3 nitrogen and oxygen atoms in total. The molecule has 1 fully saturated rings. The predicted octanol–water partition coefficient (Wildman–Crippen LogP) is 3.19. The van der Waals surface area contributed by atoms with Crippen LogP contribution in [0.15, 0.2) is 16.7 Å². The van der Waals surface area contributed by atoms with Crippen LogP contribution < -0.4 is 10.2 Å². The summed E-state index contributed by atoms with van der Waals surface area (Å²) < 4.78 is 1.05. The average molecular weight is 312 g/mol. The van der Waals surface area contributed by atoms with E-state index in [1.807, 2.05) is 13.2 Å². The molecular weight excluding hydrogens is 290 g/mol. The van der Waals surface area contributed by atoms with Gasteiger partial charge in [-0.15, -0.1) is 0 Å². The Bertz CT molecular complexity index is 402. The van der Waals surface area contributed by atoms with Crippen molar-refractivity contribution in [3.05, 3.63) is 22.3 Å². The van der Waals surface area contributed by atoms with Gasteiger partial charge in [0.15, 0.2) is 0 Å². The summed E-state index contributed by atoms with van der Waals surface area (Å²) in [6, 6.07) is 2.66. The molecule has 2 rings (SSSR count). The molecule has 1 aliphatic rings. The largest absolute Gasteiger partial charge is 0.354 e. The van der Waals surface area contributed by atoms with Gasteiger partial charge >= 0.3 is 0 Å². The molecule has 18 heavy (non-hydrogen) atoms. The molecule has 0 spiro atoms. The lowest BCUT2D eigenvalue weighted by atomic mass is 10.2. The third kappa shape index (κ3) is 3.45. The number of hydrogen-bond donors (Lipinski definition) is 1. The van der Waals surface area contributed by atoms with Crippen molar-refractivity contribution in [3.63, 3.8) is 0 Å². The van der Waals surface area contributed by atoms with Gasteiger partial charge in [0.1, 0.15) is 5.82 Å². The summed E-state index contributed by atoms with van der Waals surface area (Å²) in [5, 5.41) is 3.23. The van der Waals surface area contributed by atoms with Crippen LogP contribution >= 0.6 is 15.9 Å². The first-order chi connectivity index (χ1) is 8.61. The Kier molecular flexibility index (Phi) is 4.62. The summed E-state index contributed by atoms with van der Waals surface area (Å²) in [5.74, 6) is 2.01. The van der Waals surface area contributed by atoms with Crippen LogP contribution in [0.5, 0.6) is 0 Å². The fourth-order valence-electron chi connectivity index (χ4n) is 2.17. The van der Waals surface area contributed by atoms with Crippen LogP contribution in [-0.4, -0.2) is 24.6 Å². The van der Waals surface area contributed by atoms with Crippen molar-refractivity contribution in [2.45, 2.75) is 39.3 Å². The number of hydrogen-bond acceptors (Lipinski definition) is 3. The van der Waals surface area contributed by atoms with Gasteiger partial charge in [-0.3, -0.25) is 0 Å². The second kappa shape index (κ2) is 6.02. The summed E-state index contributed by atoms with van der Waals surface area (Å²) in [6.45, 7) is 6.49. The Balaban J connectivity index is 2.26. The molecule has 1 saturated carbocycles. The number of anilines is 1. The van der Waals surface area contributed by atoms with E-state index < -0.39 is 0 Å². The molecule has 0 aliphatic heterocycles. The number of pyridine rings is 1. The molecule has 1 aromatic heterocycles. The SMILES string of the molecule is CNCc1cc(Br)cnc1N(CC1CC1)C(C)C. The second-order valence-corrected chi connectivity index (χ2v) is 6.27. The molecule has 100 valence electrons. The molecule has 0 unspecified atom stereocenters. The van der Waals surface area contributed by atoms with Gasteiger partial charge in [0, 0.05) is 35.4 Å². The van der Waals surface area contributed by atoms with E-state index in [2.05, 4.69) is 51.0 Å². The van der Waals surface area contributed by atoms with Crippen molar-refractivity contribution in [2.75, 3.05) is 18.5 Å². The number of rotatable bonds is 6. The average Bonchev–Trinajstić information content (AvgIpc) is 3.11. The Morgan fingerprint density at radius 3 is 2.78 bits per heavy atom. The van der Waals surface area contributed by atoms with E-state index in [4.69, 9.17) is 0 Å². The highest BCUT2D eigenvalue weighted by Crippen LogP contribution is 2.33. The molecular formula is C14H22BrN3. The van der Waals surface area contributed by atoms with Gasteiger partial charge in [0.05, 0.1) is 0 Å². The summed E-state index contributed by atoms with van der Waals surface area (Å²) in [6.07, 6.45) is 4.65. The lowest BCUT2D eigenvalue weighted by molar-refractivity contribution is 0.630. The fourth-order valence-corrected chi connectivity index (χ4v) is 2.55. The number of aromatic nitrogens is 1. The molecule has 0 amide bonds.